The smallest absolute Gasteiger partial charge is 0.326 e. The molecule has 0 aromatic heterocycles. The lowest BCUT2D eigenvalue weighted by Crippen LogP contribution is -2.61. The Kier molecular flexibility index (Phi) is 12.8. The van der Waals surface area contributed by atoms with E-state index in [0.29, 0.717) is 5.75 Å². The van der Waals surface area contributed by atoms with Gasteiger partial charge in [-0.1, -0.05) is 13.8 Å². The SMILES string of the molecule is CSCCC(NC(=O)C(NC(=O)C(NC(=O)C(N)CC(N)=O)C(C)O)C(C)C)C(=O)O. The van der Waals surface area contributed by atoms with Crippen molar-refractivity contribution in [1.82, 2.24) is 16.0 Å². The first-order valence-corrected chi connectivity index (χ1v) is 11.1. The third kappa shape index (κ3) is 10.5. The highest BCUT2D eigenvalue weighted by Gasteiger charge is 2.33. The number of aliphatic carboxylic acids is 1. The van der Waals surface area contributed by atoms with E-state index in [9.17, 15) is 34.2 Å². The highest BCUT2D eigenvalue weighted by atomic mass is 32.2. The summed E-state index contributed by atoms with van der Waals surface area (Å²) >= 11 is 1.43. The molecule has 0 spiro atoms. The fraction of sp³-hybridized carbons (Fsp3) is 0.722. The normalized spacial score (nSPS) is 15.8. The first-order valence-electron chi connectivity index (χ1n) is 9.66. The topological polar surface area (TPSA) is 214 Å². The lowest BCUT2D eigenvalue weighted by molar-refractivity contribution is -0.142. The second-order valence-electron chi connectivity index (χ2n) is 7.41. The predicted octanol–water partition coefficient (Wildman–Crippen LogP) is -2.48. The molecule has 0 aromatic carbocycles. The lowest BCUT2D eigenvalue weighted by atomic mass is 10.0. The molecule has 0 rings (SSSR count). The molecule has 0 saturated heterocycles. The van der Waals surface area contributed by atoms with Crippen LogP contribution in [0.5, 0.6) is 0 Å². The minimum Gasteiger partial charge on any atom is -0.480 e. The van der Waals surface area contributed by atoms with Crippen molar-refractivity contribution in [3.63, 3.8) is 0 Å². The maximum absolute atomic E-state index is 12.7. The van der Waals surface area contributed by atoms with Gasteiger partial charge in [-0.05, 0) is 31.3 Å². The van der Waals surface area contributed by atoms with E-state index in [4.69, 9.17) is 11.5 Å². The summed E-state index contributed by atoms with van der Waals surface area (Å²) in [7, 11) is 0. The zero-order valence-corrected chi connectivity index (χ0v) is 18.9. The van der Waals surface area contributed by atoms with E-state index in [0.717, 1.165) is 0 Å². The summed E-state index contributed by atoms with van der Waals surface area (Å²) < 4.78 is 0. The Morgan fingerprint density at radius 3 is 1.87 bits per heavy atom. The van der Waals surface area contributed by atoms with E-state index in [2.05, 4.69) is 16.0 Å². The van der Waals surface area contributed by atoms with Gasteiger partial charge in [-0.25, -0.2) is 4.79 Å². The van der Waals surface area contributed by atoms with Gasteiger partial charge in [0.1, 0.15) is 18.1 Å². The van der Waals surface area contributed by atoms with Gasteiger partial charge in [0.05, 0.1) is 18.6 Å². The molecule has 0 fully saturated rings. The molecular weight excluding hydrogens is 430 g/mol. The maximum Gasteiger partial charge on any atom is 0.326 e. The molecule has 178 valence electrons. The first kappa shape index (κ1) is 28.6. The summed E-state index contributed by atoms with van der Waals surface area (Å²) in [5, 5.41) is 26.3. The molecule has 0 aliphatic heterocycles. The molecule has 31 heavy (non-hydrogen) atoms. The number of carboxylic acid groups (broad SMARTS) is 1. The summed E-state index contributed by atoms with van der Waals surface area (Å²) in [4.78, 5) is 59.7. The second kappa shape index (κ2) is 13.8. The Balaban J connectivity index is 5.31. The van der Waals surface area contributed by atoms with Crippen molar-refractivity contribution in [2.45, 2.75) is 63.9 Å². The third-order valence-corrected chi connectivity index (χ3v) is 4.94. The number of nitrogens with two attached hydrogens (primary N) is 2. The van der Waals surface area contributed by atoms with Crippen LogP contribution in [-0.2, 0) is 24.0 Å². The molecule has 0 aromatic rings. The van der Waals surface area contributed by atoms with Crippen LogP contribution in [0.2, 0.25) is 0 Å². The number of thioether (sulfide) groups is 1. The van der Waals surface area contributed by atoms with Gasteiger partial charge in [0.15, 0.2) is 0 Å². The maximum atomic E-state index is 12.7. The van der Waals surface area contributed by atoms with Gasteiger partial charge in [-0.2, -0.15) is 11.8 Å². The van der Waals surface area contributed by atoms with Crippen molar-refractivity contribution in [2.24, 2.45) is 17.4 Å². The number of carbonyl (C=O) groups excluding carboxylic acids is 4. The molecular formula is C18H33N5O7S. The van der Waals surface area contributed by atoms with E-state index in [1.54, 1.807) is 20.1 Å². The summed E-state index contributed by atoms with van der Waals surface area (Å²) in [6.07, 6.45) is 0.195. The molecule has 12 nitrogen and oxygen atoms in total. The third-order valence-electron chi connectivity index (χ3n) is 4.29. The zero-order chi connectivity index (χ0) is 24.3. The lowest BCUT2D eigenvalue weighted by Gasteiger charge is -2.28. The van der Waals surface area contributed by atoms with E-state index in [-0.39, 0.29) is 6.42 Å². The van der Waals surface area contributed by atoms with E-state index < -0.39 is 72.2 Å². The highest BCUT2D eigenvalue weighted by molar-refractivity contribution is 7.98. The van der Waals surface area contributed by atoms with Crippen LogP contribution in [0.15, 0.2) is 0 Å². The van der Waals surface area contributed by atoms with E-state index >= 15 is 0 Å². The van der Waals surface area contributed by atoms with Crippen LogP contribution in [0, 0.1) is 5.92 Å². The molecule has 5 atom stereocenters. The van der Waals surface area contributed by atoms with Crippen LogP contribution in [0.1, 0.15) is 33.6 Å². The highest BCUT2D eigenvalue weighted by Crippen LogP contribution is 2.07. The fourth-order valence-corrected chi connectivity index (χ4v) is 2.98. The summed E-state index contributed by atoms with van der Waals surface area (Å²) in [5.74, 6) is -4.40. The minimum absolute atomic E-state index is 0.200. The Labute approximate surface area is 185 Å². The van der Waals surface area contributed by atoms with Crippen molar-refractivity contribution in [2.75, 3.05) is 12.0 Å². The molecule has 0 aliphatic carbocycles. The van der Waals surface area contributed by atoms with Crippen molar-refractivity contribution >= 4 is 41.4 Å². The van der Waals surface area contributed by atoms with Gasteiger partial charge < -0.3 is 37.6 Å². The van der Waals surface area contributed by atoms with Gasteiger partial charge in [-0.3, -0.25) is 19.2 Å². The number of rotatable bonds is 14. The predicted molar refractivity (Wildman–Crippen MR) is 115 cm³/mol. The molecule has 13 heteroatoms. The number of carbonyl (C=O) groups is 5. The monoisotopic (exact) mass is 463 g/mol. The van der Waals surface area contributed by atoms with Crippen molar-refractivity contribution in [1.29, 1.82) is 0 Å². The molecule has 0 bridgehead atoms. The number of primary amides is 1. The molecule has 9 N–H and O–H groups in total. The Bertz CT molecular complexity index is 659. The Morgan fingerprint density at radius 2 is 1.45 bits per heavy atom. The van der Waals surface area contributed by atoms with Gasteiger partial charge in [0, 0.05) is 0 Å². The molecule has 4 amide bonds. The zero-order valence-electron chi connectivity index (χ0n) is 18.1. The van der Waals surface area contributed by atoms with Crippen molar-refractivity contribution < 1.29 is 34.2 Å². The number of carboxylic acids is 1. The van der Waals surface area contributed by atoms with Gasteiger partial charge in [0.25, 0.3) is 0 Å². The molecule has 0 saturated carbocycles. The van der Waals surface area contributed by atoms with Crippen LogP contribution in [0.3, 0.4) is 0 Å². The summed E-state index contributed by atoms with van der Waals surface area (Å²) in [6.45, 7) is 4.53. The quantitative estimate of drug-likeness (QED) is 0.145. The minimum atomic E-state index is -1.47. The molecule has 0 radical (unpaired) electrons. The number of aliphatic hydroxyl groups excluding tert-OH is 1. The number of nitrogens with one attached hydrogen (secondary N) is 3. The molecule has 0 heterocycles. The van der Waals surface area contributed by atoms with Gasteiger partial charge >= 0.3 is 5.97 Å². The first-order chi connectivity index (χ1) is 14.3. The Hall–Kier alpha value is -2.38. The van der Waals surface area contributed by atoms with Crippen LogP contribution in [-0.4, -0.2) is 82.1 Å². The van der Waals surface area contributed by atoms with Crippen LogP contribution < -0.4 is 27.4 Å². The number of amides is 4. The van der Waals surface area contributed by atoms with E-state index in [1.165, 1.54) is 18.7 Å². The standard InChI is InChI=1S/C18H33N5O7S/c1-8(2)13(16(27)21-11(18(29)30)5-6-31-4)22-17(28)14(9(3)24)23-15(26)10(19)7-12(20)25/h8-11,13-14,24H,5-7,19H2,1-4H3,(H2,20,25)(H,21,27)(H,22,28)(H,23,26)(H,29,30). The largest absolute Gasteiger partial charge is 0.480 e. The van der Waals surface area contributed by atoms with Crippen LogP contribution in [0.4, 0.5) is 0 Å². The number of hydrogen-bond acceptors (Lipinski definition) is 8. The number of hydrogen-bond donors (Lipinski definition) is 7. The summed E-state index contributed by atoms with van der Waals surface area (Å²) in [6, 6.07) is -5.03. The van der Waals surface area contributed by atoms with Gasteiger partial charge in [0.2, 0.25) is 23.6 Å². The van der Waals surface area contributed by atoms with Gasteiger partial charge in [-0.15, -0.1) is 0 Å². The molecule has 5 unspecified atom stereocenters. The average Bonchev–Trinajstić information content (AvgIpc) is 2.65. The number of aliphatic hydroxyl groups is 1. The second-order valence-corrected chi connectivity index (χ2v) is 8.40. The van der Waals surface area contributed by atoms with E-state index in [1.807, 2.05) is 0 Å². The molecule has 0 aliphatic rings. The van der Waals surface area contributed by atoms with Crippen LogP contribution in [0.25, 0.3) is 0 Å². The van der Waals surface area contributed by atoms with Crippen LogP contribution >= 0.6 is 11.8 Å². The average molecular weight is 464 g/mol. The Morgan fingerprint density at radius 1 is 0.935 bits per heavy atom. The van der Waals surface area contributed by atoms with Crippen molar-refractivity contribution in [3.05, 3.63) is 0 Å². The fourth-order valence-electron chi connectivity index (χ4n) is 2.51. The summed E-state index contributed by atoms with van der Waals surface area (Å²) in [5.41, 5.74) is 10.5. The van der Waals surface area contributed by atoms with Crippen molar-refractivity contribution in [3.8, 4) is 0 Å².